The lowest BCUT2D eigenvalue weighted by atomic mass is 9.88. The number of amidine groups is 1. The maximum atomic E-state index is 11.2. The van der Waals surface area contributed by atoms with Gasteiger partial charge >= 0.3 is 0 Å². The van der Waals surface area contributed by atoms with Crippen LogP contribution in [0.1, 0.15) is 27.2 Å². The Balaban J connectivity index is 3.87. The van der Waals surface area contributed by atoms with Gasteiger partial charge in [-0.3, -0.25) is 0 Å². The summed E-state index contributed by atoms with van der Waals surface area (Å²) in [5.41, 5.74) is 5.14. The minimum Gasteiger partial charge on any atom is -0.409 e. The van der Waals surface area contributed by atoms with E-state index in [0.29, 0.717) is 19.5 Å². The third-order valence-electron chi connectivity index (χ3n) is 2.76. The van der Waals surface area contributed by atoms with Gasteiger partial charge in [0.2, 0.25) is 0 Å². The molecule has 0 rings (SSSR count). The zero-order chi connectivity index (χ0) is 13.5. The van der Waals surface area contributed by atoms with Gasteiger partial charge in [0.05, 0.1) is 5.75 Å². The minimum absolute atomic E-state index is 0.146. The Labute approximate surface area is 103 Å². The summed E-state index contributed by atoms with van der Waals surface area (Å²) in [5, 5.41) is 14.6. The molecule has 0 aromatic carbocycles. The molecule has 7 heteroatoms. The van der Waals surface area contributed by atoms with Crippen molar-refractivity contribution in [2.75, 3.05) is 24.6 Å². The normalized spacial score (nSPS) is 13.9. The van der Waals surface area contributed by atoms with Crippen LogP contribution >= 0.6 is 0 Å². The Kier molecular flexibility index (Phi) is 6.48. The van der Waals surface area contributed by atoms with Crippen LogP contribution in [-0.2, 0) is 9.84 Å². The highest BCUT2D eigenvalue weighted by atomic mass is 32.2. The molecule has 0 amide bonds. The van der Waals surface area contributed by atoms with E-state index in [-0.39, 0.29) is 17.3 Å². The van der Waals surface area contributed by atoms with Gasteiger partial charge in [0.15, 0.2) is 9.84 Å². The summed E-state index contributed by atoms with van der Waals surface area (Å²) in [6.07, 6.45) is 0.676. The molecule has 0 aliphatic rings. The standard InChI is InChI=1S/C10H23N3O3S/c1-4-17(15,16)8-7-12-6-5-10(2,3)9(11)13-14/h12,14H,4-8H2,1-3H3,(H2,11,13). The van der Waals surface area contributed by atoms with Crippen molar-refractivity contribution in [1.82, 2.24) is 5.32 Å². The van der Waals surface area contributed by atoms with Crippen LogP contribution in [0.25, 0.3) is 0 Å². The van der Waals surface area contributed by atoms with Gasteiger partial charge in [-0.2, -0.15) is 0 Å². The molecular weight excluding hydrogens is 242 g/mol. The molecule has 0 fully saturated rings. The molecule has 0 bridgehead atoms. The average molecular weight is 265 g/mol. The second-order valence-electron chi connectivity index (χ2n) is 4.61. The summed E-state index contributed by atoms with van der Waals surface area (Å²) < 4.78 is 22.4. The van der Waals surface area contributed by atoms with Crippen LogP contribution in [0.4, 0.5) is 0 Å². The molecule has 0 aromatic rings. The van der Waals surface area contributed by atoms with Crippen molar-refractivity contribution in [3.63, 3.8) is 0 Å². The molecular formula is C10H23N3O3S. The van der Waals surface area contributed by atoms with Crippen LogP contribution in [-0.4, -0.2) is 44.1 Å². The molecule has 102 valence electrons. The molecule has 0 saturated heterocycles. The van der Waals surface area contributed by atoms with Crippen molar-refractivity contribution >= 4 is 15.7 Å². The lowest BCUT2D eigenvalue weighted by Crippen LogP contribution is -2.35. The fraction of sp³-hybridized carbons (Fsp3) is 0.900. The first kappa shape index (κ1) is 16.2. The molecule has 6 nitrogen and oxygen atoms in total. The minimum atomic E-state index is -2.91. The quantitative estimate of drug-likeness (QED) is 0.191. The number of rotatable bonds is 8. The lowest BCUT2D eigenvalue weighted by molar-refractivity contribution is 0.305. The number of sulfone groups is 1. The topological polar surface area (TPSA) is 105 Å². The van der Waals surface area contributed by atoms with E-state index in [2.05, 4.69) is 10.5 Å². The summed E-state index contributed by atoms with van der Waals surface area (Å²) in [6.45, 7) is 6.43. The van der Waals surface area contributed by atoms with Crippen LogP contribution in [0.15, 0.2) is 5.16 Å². The molecule has 0 heterocycles. The first-order valence-corrected chi connectivity index (χ1v) is 7.46. The number of nitrogens with one attached hydrogen (secondary N) is 1. The number of nitrogens with two attached hydrogens (primary N) is 1. The van der Waals surface area contributed by atoms with E-state index in [4.69, 9.17) is 10.9 Å². The predicted octanol–water partition coefficient (Wildman–Crippen LogP) is 0.173. The highest BCUT2D eigenvalue weighted by molar-refractivity contribution is 7.91. The van der Waals surface area contributed by atoms with Gasteiger partial charge in [-0.15, -0.1) is 0 Å². The second kappa shape index (κ2) is 6.80. The van der Waals surface area contributed by atoms with Crippen molar-refractivity contribution in [3.8, 4) is 0 Å². The van der Waals surface area contributed by atoms with E-state index in [0.717, 1.165) is 0 Å². The van der Waals surface area contributed by atoms with Gasteiger partial charge in [-0.25, -0.2) is 8.42 Å². The zero-order valence-corrected chi connectivity index (χ0v) is 11.5. The Bertz CT molecular complexity index is 350. The van der Waals surface area contributed by atoms with Gasteiger partial charge < -0.3 is 16.3 Å². The fourth-order valence-electron chi connectivity index (χ4n) is 1.16. The van der Waals surface area contributed by atoms with E-state index in [1.54, 1.807) is 6.92 Å². The van der Waals surface area contributed by atoms with Gasteiger partial charge in [-0.1, -0.05) is 25.9 Å². The molecule has 4 N–H and O–H groups in total. The highest BCUT2D eigenvalue weighted by Gasteiger charge is 2.22. The number of hydrogen-bond donors (Lipinski definition) is 3. The predicted molar refractivity (Wildman–Crippen MR) is 69.0 cm³/mol. The molecule has 0 atom stereocenters. The van der Waals surface area contributed by atoms with E-state index in [1.165, 1.54) is 0 Å². The number of oxime groups is 1. The molecule has 17 heavy (non-hydrogen) atoms. The van der Waals surface area contributed by atoms with Crippen LogP contribution < -0.4 is 11.1 Å². The fourth-order valence-corrected chi connectivity index (χ4v) is 1.91. The smallest absolute Gasteiger partial charge is 0.151 e. The van der Waals surface area contributed by atoms with E-state index >= 15 is 0 Å². The summed E-state index contributed by atoms with van der Waals surface area (Å²) in [4.78, 5) is 0. The third kappa shape index (κ3) is 6.48. The summed E-state index contributed by atoms with van der Waals surface area (Å²) in [6, 6.07) is 0. The van der Waals surface area contributed by atoms with Crippen molar-refractivity contribution in [1.29, 1.82) is 0 Å². The molecule has 0 radical (unpaired) electrons. The third-order valence-corrected chi connectivity index (χ3v) is 4.46. The van der Waals surface area contributed by atoms with E-state index in [1.807, 2.05) is 13.8 Å². The Morgan fingerprint density at radius 3 is 2.47 bits per heavy atom. The van der Waals surface area contributed by atoms with Gasteiger partial charge in [0.25, 0.3) is 0 Å². The monoisotopic (exact) mass is 265 g/mol. The van der Waals surface area contributed by atoms with E-state index < -0.39 is 15.3 Å². The van der Waals surface area contributed by atoms with Crippen molar-refractivity contribution < 1.29 is 13.6 Å². The SMILES string of the molecule is CCS(=O)(=O)CCNCCC(C)(C)C(N)=NO. The molecule has 0 spiro atoms. The Morgan fingerprint density at radius 1 is 1.41 bits per heavy atom. The Morgan fingerprint density at radius 2 is 2.00 bits per heavy atom. The van der Waals surface area contributed by atoms with Crippen LogP contribution in [0.5, 0.6) is 0 Å². The highest BCUT2D eigenvalue weighted by Crippen LogP contribution is 2.19. The van der Waals surface area contributed by atoms with Crippen molar-refractivity contribution in [2.24, 2.45) is 16.3 Å². The maximum absolute atomic E-state index is 11.2. The molecule has 0 unspecified atom stereocenters. The summed E-state index contributed by atoms with van der Waals surface area (Å²) in [7, 11) is -2.91. The number of hydrogen-bond acceptors (Lipinski definition) is 5. The Hall–Kier alpha value is -0.820. The van der Waals surface area contributed by atoms with Crippen LogP contribution in [0, 0.1) is 5.41 Å². The van der Waals surface area contributed by atoms with Crippen LogP contribution in [0.3, 0.4) is 0 Å². The van der Waals surface area contributed by atoms with Gasteiger partial charge in [0, 0.05) is 17.7 Å². The number of nitrogens with zero attached hydrogens (tertiary/aromatic N) is 1. The van der Waals surface area contributed by atoms with Crippen molar-refractivity contribution in [2.45, 2.75) is 27.2 Å². The van der Waals surface area contributed by atoms with E-state index in [9.17, 15) is 8.42 Å². The first-order chi connectivity index (χ1) is 7.75. The van der Waals surface area contributed by atoms with Crippen molar-refractivity contribution in [3.05, 3.63) is 0 Å². The summed E-state index contributed by atoms with van der Waals surface area (Å²) >= 11 is 0. The summed E-state index contributed by atoms with van der Waals surface area (Å²) in [5.74, 6) is 0.498. The maximum Gasteiger partial charge on any atom is 0.151 e. The largest absolute Gasteiger partial charge is 0.409 e. The van der Waals surface area contributed by atoms with Gasteiger partial charge in [0.1, 0.15) is 5.84 Å². The molecule has 0 aliphatic heterocycles. The average Bonchev–Trinajstić information content (AvgIpc) is 2.27. The molecule has 0 saturated carbocycles. The lowest BCUT2D eigenvalue weighted by Gasteiger charge is -2.22. The zero-order valence-electron chi connectivity index (χ0n) is 10.7. The second-order valence-corrected chi connectivity index (χ2v) is 7.08. The van der Waals surface area contributed by atoms with Crippen LogP contribution in [0.2, 0.25) is 0 Å². The molecule has 0 aliphatic carbocycles. The van der Waals surface area contributed by atoms with Gasteiger partial charge in [-0.05, 0) is 13.0 Å². The first-order valence-electron chi connectivity index (χ1n) is 5.64. The molecule has 0 aromatic heterocycles.